The van der Waals surface area contributed by atoms with Crippen LogP contribution in [0.3, 0.4) is 0 Å². The summed E-state index contributed by atoms with van der Waals surface area (Å²) in [4.78, 5) is 26.2. The van der Waals surface area contributed by atoms with Crippen molar-refractivity contribution in [2.24, 2.45) is 0 Å². The van der Waals surface area contributed by atoms with Gasteiger partial charge in [0.15, 0.2) is 8.88 Å². The van der Waals surface area contributed by atoms with Crippen molar-refractivity contribution in [2.75, 3.05) is 4.90 Å². The minimum absolute atomic E-state index is 0.0195. The number of carbonyl (C=O) groups excluding carboxylic acids is 2. The Hall–Kier alpha value is -2.00. The molecule has 2 heterocycles. The van der Waals surface area contributed by atoms with Gasteiger partial charge >= 0.3 is 0 Å². The molecule has 1 N–H and O–H groups in total. The van der Waals surface area contributed by atoms with Crippen LogP contribution in [0.2, 0.25) is 0 Å². The molecule has 1 aromatic heterocycles. The molecular formula is C17H13IN2O3S. The van der Waals surface area contributed by atoms with E-state index in [-0.39, 0.29) is 10.7 Å². The second kappa shape index (κ2) is 6.86. The second-order valence-electron chi connectivity index (χ2n) is 5.12. The lowest BCUT2D eigenvalue weighted by Crippen LogP contribution is -2.54. The van der Waals surface area contributed by atoms with Crippen LogP contribution < -0.4 is 10.2 Å². The lowest BCUT2D eigenvalue weighted by molar-refractivity contribution is -0.122. The molecule has 2 amide bonds. The maximum absolute atomic E-state index is 12.8. The van der Waals surface area contributed by atoms with Gasteiger partial charge < -0.3 is 4.42 Å². The van der Waals surface area contributed by atoms with Gasteiger partial charge in [-0.15, -0.1) is 0 Å². The highest BCUT2D eigenvalue weighted by Gasteiger charge is 2.34. The summed E-state index contributed by atoms with van der Waals surface area (Å²) in [6.45, 7) is 2.05. The van der Waals surface area contributed by atoms with Gasteiger partial charge in [0.2, 0.25) is 0 Å². The average Bonchev–Trinajstić information content (AvgIpc) is 2.97. The fourth-order valence-corrected chi connectivity index (χ4v) is 3.04. The summed E-state index contributed by atoms with van der Waals surface area (Å²) in [7, 11) is 0. The standard InChI is InChI=1S/C17H13IN2O3S/c1-2-10-3-5-11(6-4-10)20-16(22)13(15(21)19-17(20)24)9-12-7-8-14(18)23-12/h3-9H,2H2,1H3,(H,19,21,24)/b13-9-. The van der Waals surface area contributed by atoms with E-state index in [1.165, 1.54) is 11.0 Å². The zero-order valence-electron chi connectivity index (χ0n) is 12.7. The molecule has 0 bridgehead atoms. The molecule has 5 nitrogen and oxygen atoms in total. The van der Waals surface area contributed by atoms with E-state index in [0.29, 0.717) is 15.2 Å². The molecule has 0 unspecified atom stereocenters. The molecule has 24 heavy (non-hydrogen) atoms. The highest BCUT2D eigenvalue weighted by molar-refractivity contribution is 14.1. The van der Waals surface area contributed by atoms with Crippen molar-refractivity contribution in [3.05, 3.63) is 57.1 Å². The number of benzene rings is 1. The number of rotatable bonds is 3. The van der Waals surface area contributed by atoms with E-state index in [1.54, 1.807) is 12.1 Å². The number of thiocarbonyl (C=S) groups is 1. The Kier molecular flexibility index (Phi) is 4.81. The van der Waals surface area contributed by atoms with E-state index in [4.69, 9.17) is 16.6 Å². The second-order valence-corrected chi connectivity index (χ2v) is 6.57. The van der Waals surface area contributed by atoms with Crippen LogP contribution >= 0.6 is 34.8 Å². The van der Waals surface area contributed by atoms with Crippen molar-refractivity contribution in [3.63, 3.8) is 0 Å². The highest BCUT2D eigenvalue weighted by Crippen LogP contribution is 2.23. The van der Waals surface area contributed by atoms with Crippen LogP contribution in [-0.4, -0.2) is 16.9 Å². The summed E-state index contributed by atoms with van der Waals surface area (Å²) in [5, 5.41) is 2.62. The van der Waals surface area contributed by atoms with Crippen LogP contribution in [0.1, 0.15) is 18.2 Å². The minimum Gasteiger partial charge on any atom is -0.451 e. The third kappa shape index (κ3) is 3.27. The molecule has 1 saturated heterocycles. The normalized spacial score (nSPS) is 16.7. The Morgan fingerprint density at radius 3 is 2.50 bits per heavy atom. The fourth-order valence-electron chi connectivity index (χ4n) is 2.32. The molecule has 7 heteroatoms. The Bertz CT molecular complexity index is 855. The van der Waals surface area contributed by atoms with Crippen molar-refractivity contribution >= 4 is 63.5 Å². The number of halogens is 1. The number of hydrogen-bond donors (Lipinski definition) is 1. The molecule has 1 fully saturated rings. The number of nitrogens with one attached hydrogen (secondary N) is 1. The first-order valence-corrected chi connectivity index (χ1v) is 8.74. The molecular weight excluding hydrogens is 439 g/mol. The first kappa shape index (κ1) is 16.8. The van der Waals surface area contributed by atoms with Crippen LogP contribution in [-0.2, 0) is 16.0 Å². The number of furan rings is 1. The summed E-state index contributed by atoms with van der Waals surface area (Å²) in [6, 6.07) is 10.9. The van der Waals surface area contributed by atoms with E-state index in [0.717, 1.165) is 12.0 Å². The molecule has 0 atom stereocenters. The topological polar surface area (TPSA) is 62.6 Å². The number of hydrogen-bond acceptors (Lipinski definition) is 4. The molecule has 0 aliphatic carbocycles. The quantitative estimate of drug-likeness (QED) is 0.336. The molecule has 0 radical (unpaired) electrons. The predicted molar refractivity (Wildman–Crippen MR) is 103 cm³/mol. The first-order valence-electron chi connectivity index (χ1n) is 7.25. The van der Waals surface area contributed by atoms with Crippen molar-refractivity contribution in [2.45, 2.75) is 13.3 Å². The van der Waals surface area contributed by atoms with Crippen molar-refractivity contribution in [1.29, 1.82) is 0 Å². The van der Waals surface area contributed by atoms with E-state index in [1.807, 2.05) is 46.9 Å². The number of nitrogens with zero attached hydrogens (tertiary/aromatic N) is 1. The van der Waals surface area contributed by atoms with E-state index in [9.17, 15) is 9.59 Å². The molecule has 0 saturated carbocycles. The summed E-state index contributed by atoms with van der Waals surface area (Å²) in [5.41, 5.74) is 1.75. The summed E-state index contributed by atoms with van der Waals surface area (Å²) < 4.78 is 6.08. The zero-order valence-corrected chi connectivity index (χ0v) is 15.7. The first-order chi connectivity index (χ1) is 11.5. The Morgan fingerprint density at radius 1 is 1.21 bits per heavy atom. The maximum Gasteiger partial charge on any atom is 0.270 e. The zero-order chi connectivity index (χ0) is 17.3. The van der Waals surface area contributed by atoms with Gasteiger partial charge in [0, 0.05) is 0 Å². The third-order valence-electron chi connectivity index (χ3n) is 3.59. The van der Waals surface area contributed by atoms with Gasteiger partial charge in [-0.1, -0.05) is 19.1 Å². The third-order valence-corrected chi connectivity index (χ3v) is 4.45. The van der Waals surface area contributed by atoms with E-state index >= 15 is 0 Å². The van der Waals surface area contributed by atoms with E-state index in [2.05, 4.69) is 12.2 Å². The van der Waals surface area contributed by atoms with Gasteiger partial charge in [-0.25, -0.2) is 0 Å². The lowest BCUT2D eigenvalue weighted by atomic mass is 10.1. The number of carbonyl (C=O) groups is 2. The SMILES string of the molecule is CCc1ccc(N2C(=O)/C(=C\c3ccc(I)o3)C(=O)NC2=S)cc1. The highest BCUT2D eigenvalue weighted by atomic mass is 127. The van der Waals surface area contributed by atoms with Gasteiger partial charge in [-0.05, 0) is 77.1 Å². The Morgan fingerprint density at radius 2 is 1.92 bits per heavy atom. The fraction of sp³-hybridized carbons (Fsp3) is 0.118. The van der Waals surface area contributed by atoms with Gasteiger partial charge in [-0.3, -0.25) is 19.8 Å². The summed E-state index contributed by atoms with van der Waals surface area (Å²) in [5.74, 6) is -0.566. The number of aryl methyl sites for hydroxylation is 1. The van der Waals surface area contributed by atoms with Crippen LogP contribution in [0, 0.1) is 3.77 Å². The average molecular weight is 452 g/mol. The number of anilines is 1. The number of amides is 2. The minimum atomic E-state index is -0.530. The summed E-state index contributed by atoms with van der Waals surface area (Å²) in [6.07, 6.45) is 2.33. The van der Waals surface area contributed by atoms with E-state index < -0.39 is 11.8 Å². The molecule has 3 rings (SSSR count). The molecule has 1 aliphatic heterocycles. The van der Waals surface area contributed by atoms with Crippen LogP contribution in [0.25, 0.3) is 6.08 Å². The molecule has 1 aromatic carbocycles. The van der Waals surface area contributed by atoms with Gasteiger partial charge in [-0.2, -0.15) is 0 Å². The van der Waals surface area contributed by atoms with Gasteiger partial charge in [0.1, 0.15) is 11.3 Å². The van der Waals surface area contributed by atoms with Crippen LogP contribution in [0.5, 0.6) is 0 Å². The van der Waals surface area contributed by atoms with Gasteiger partial charge in [0.05, 0.1) is 5.69 Å². The largest absolute Gasteiger partial charge is 0.451 e. The van der Waals surface area contributed by atoms with Crippen LogP contribution in [0.4, 0.5) is 5.69 Å². The Balaban J connectivity index is 1.97. The molecule has 2 aromatic rings. The van der Waals surface area contributed by atoms with Crippen molar-refractivity contribution in [3.8, 4) is 0 Å². The monoisotopic (exact) mass is 452 g/mol. The molecule has 122 valence electrons. The molecule has 1 aliphatic rings. The Labute approximate surface area is 157 Å². The van der Waals surface area contributed by atoms with Gasteiger partial charge in [0.25, 0.3) is 11.8 Å². The lowest BCUT2D eigenvalue weighted by Gasteiger charge is -2.28. The predicted octanol–water partition coefficient (Wildman–Crippen LogP) is 3.28. The maximum atomic E-state index is 12.8. The molecule has 0 spiro atoms. The summed E-state index contributed by atoms with van der Waals surface area (Å²) >= 11 is 7.18. The van der Waals surface area contributed by atoms with Crippen LogP contribution in [0.15, 0.2) is 46.4 Å². The van der Waals surface area contributed by atoms with Crippen molar-refractivity contribution < 1.29 is 14.0 Å². The smallest absolute Gasteiger partial charge is 0.270 e. The van der Waals surface area contributed by atoms with Crippen molar-refractivity contribution in [1.82, 2.24) is 5.32 Å².